The molecule has 100 valence electrons. The number of piperidine rings is 1. The molecule has 0 spiro atoms. The average molecular weight is 250 g/mol. The third-order valence-corrected chi connectivity index (χ3v) is 3.55. The van der Waals surface area contributed by atoms with Crippen LogP contribution in [0.2, 0.25) is 0 Å². The molecule has 2 atom stereocenters. The fourth-order valence-corrected chi connectivity index (χ4v) is 2.65. The monoisotopic (exact) mass is 250 g/mol. The summed E-state index contributed by atoms with van der Waals surface area (Å²) in [6, 6.07) is 0. The Bertz CT molecular complexity index is 174. The van der Waals surface area contributed by atoms with Gasteiger partial charge in [0.15, 0.2) is 11.2 Å². The molecule has 1 rings (SSSR count). The van der Waals surface area contributed by atoms with Crippen molar-refractivity contribution in [3.8, 4) is 0 Å². The van der Waals surface area contributed by atoms with Gasteiger partial charge in [0.1, 0.15) is 0 Å². The minimum atomic E-state index is -0.912. The molecule has 1 heterocycles. The molecule has 0 amide bonds. The summed E-state index contributed by atoms with van der Waals surface area (Å²) in [6.45, 7) is 12.2. The van der Waals surface area contributed by atoms with Crippen molar-refractivity contribution in [2.24, 2.45) is 5.92 Å². The quantitative estimate of drug-likeness (QED) is 0.739. The van der Waals surface area contributed by atoms with E-state index in [1.807, 2.05) is 46.1 Å². The second kappa shape index (κ2) is 11.6. The fourth-order valence-electron chi connectivity index (χ4n) is 1.52. The highest BCUT2D eigenvalue weighted by atomic mass is 32.2. The Labute approximate surface area is 105 Å². The van der Waals surface area contributed by atoms with Crippen LogP contribution in [-0.2, 0) is 11.2 Å². The second-order valence-electron chi connectivity index (χ2n) is 3.68. The molecule has 0 N–H and O–H groups in total. The van der Waals surface area contributed by atoms with Crippen LogP contribution < -0.4 is 0 Å². The van der Waals surface area contributed by atoms with Crippen LogP contribution in [0.5, 0.6) is 0 Å². The van der Waals surface area contributed by atoms with Gasteiger partial charge < -0.3 is 0 Å². The molecule has 0 aromatic carbocycles. The van der Waals surface area contributed by atoms with E-state index in [2.05, 4.69) is 6.92 Å². The van der Waals surface area contributed by atoms with Crippen LogP contribution in [0.4, 0.5) is 0 Å². The molecule has 1 aliphatic rings. The zero-order valence-electron chi connectivity index (χ0n) is 12.1. The van der Waals surface area contributed by atoms with Crippen LogP contribution in [0.25, 0.3) is 0 Å². The van der Waals surface area contributed by atoms with Crippen molar-refractivity contribution < 1.29 is 4.21 Å². The van der Waals surface area contributed by atoms with E-state index in [4.69, 9.17) is 0 Å². The fraction of sp³-hybridized carbons (Fsp3) is 1.00. The zero-order valence-corrected chi connectivity index (χ0v) is 12.9. The Morgan fingerprint density at radius 1 is 1.19 bits per heavy atom. The SMILES string of the molecule is CC.CC.CC1CCCN(S(=O)N(C)C)C1. The summed E-state index contributed by atoms with van der Waals surface area (Å²) in [6.07, 6.45) is 2.46. The molecule has 2 unspecified atom stereocenters. The Kier molecular flexibility index (Phi) is 13.3. The van der Waals surface area contributed by atoms with E-state index in [0.717, 1.165) is 13.1 Å². The number of hydrogen-bond donors (Lipinski definition) is 0. The first-order chi connectivity index (χ1) is 7.61. The first-order valence-corrected chi connectivity index (χ1v) is 7.52. The molecule has 0 saturated carbocycles. The Morgan fingerprint density at radius 2 is 1.69 bits per heavy atom. The third kappa shape index (κ3) is 7.36. The number of rotatable bonds is 2. The van der Waals surface area contributed by atoms with Crippen molar-refractivity contribution in [1.82, 2.24) is 8.61 Å². The summed E-state index contributed by atoms with van der Waals surface area (Å²) in [5.74, 6) is 0.697. The summed E-state index contributed by atoms with van der Waals surface area (Å²) >= 11 is -0.912. The molecule has 1 saturated heterocycles. The minimum Gasteiger partial charge on any atom is -0.225 e. The second-order valence-corrected chi connectivity index (χ2v) is 5.39. The van der Waals surface area contributed by atoms with Crippen LogP contribution in [-0.4, -0.2) is 40.0 Å². The van der Waals surface area contributed by atoms with Crippen LogP contribution in [0.15, 0.2) is 0 Å². The Hall–Kier alpha value is 0.0700. The highest BCUT2D eigenvalue weighted by Crippen LogP contribution is 2.17. The lowest BCUT2D eigenvalue weighted by atomic mass is 10.0. The van der Waals surface area contributed by atoms with Gasteiger partial charge in [0.25, 0.3) is 0 Å². The third-order valence-electron chi connectivity index (χ3n) is 2.15. The summed E-state index contributed by atoms with van der Waals surface area (Å²) in [7, 11) is 3.71. The van der Waals surface area contributed by atoms with Gasteiger partial charge >= 0.3 is 0 Å². The van der Waals surface area contributed by atoms with Crippen LogP contribution >= 0.6 is 0 Å². The molecule has 1 fully saturated rings. The van der Waals surface area contributed by atoms with Crippen molar-refractivity contribution >= 4 is 11.2 Å². The molecule has 4 heteroatoms. The normalized spacial score (nSPS) is 22.6. The van der Waals surface area contributed by atoms with Crippen LogP contribution in [0, 0.1) is 5.92 Å². The van der Waals surface area contributed by atoms with Crippen molar-refractivity contribution in [3.05, 3.63) is 0 Å². The van der Waals surface area contributed by atoms with Gasteiger partial charge in [0, 0.05) is 27.2 Å². The molecular weight excluding hydrogens is 220 g/mol. The first-order valence-electron chi connectivity index (χ1n) is 6.45. The van der Waals surface area contributed by atoms with Gasteiger partial charge in [-0.05, 0) is 18.8 Å². The topological polar surface area (TPSA) is 23.6 Å². The molecule has 1 aliphatic heterocycles. The van der Waals surface area contributed by atoms with Gasteiger partial charge in [0.05, 0.1) is 0 Å². The lowest BCUT2D eigenvalue weighted by Crippen LogP contribution is -2.40. The first kappa shape index (κ1) is 18.4. The molecule has 0 radical (unpaired) electrons. The summed E-state index contributed by atoms with van der Waals surface area (Å²) in [5, 5.41) is 0. The van der Waals surface area contributed by atoms with E-state index in [0.29, 0.717) is 5.92 Å². The summed E-state index contributed by atoms with van der Waals surface area (Å²) in [5.41, 5.74) is 0. The van der Waals surface area contributed by atoms with Crippen molar-refractivity contribution in [2.45, 2.75) is 47.5 Å². The predicted molar refractivity (Wildman–Crippen MR) is 74.5 cm³/mol. The molecule has 0 aromatic heterocycles. The van der Waals surface area contributed by atoms with E-state index in [1.54, 1.807) is 4.31 Å². The summed E-state index contributed by atoms with van der Waals surface area (Å²) < 4.78 is 15.4. The van der Waals surface area contributed by atoms with Crippen molar-refractivity contribution in [3.63, 3.8) is 0 Å². The average Bonchev–Trinajstić information content (AvgIpc) is 2.33. The number of hydrogen-bond acceptors (Lipinski definition) is 1. The highest BCUT2D eigenvalue weighted by Gasteiger charge is 2.21. The van der Waals surface area contributed by atoms with Gasteiger partial charge in [0.2, 0.25) is 0 Å². The van der Waals surface area contributed by atoms with E-state index < -0.39 is 11.2 Å². The molecular formula is C12H30N2OS. The standard InChI is InChI=1S/C8H18N2OS.2C2H6/c1-8-5-4-6-10(7-8)12(11)9(2)3;2*1-2/h8H,4-7H2,1-3H3;2*1-2H3. The maximum Gasteiger partial charge on any atom is 0.172 e. The Balaban J connectivity index is 0. The molecule has 0 aromatic rings. The van der Waals surface area contributed by atoms with Gasteiger partial charge in [-0.1, -0.05) is 34.6 Å². The predicted octanol–water partition coefficient (Wildman–Crippen LogP) is 2.91. The van der Waals surface area contributed by atoms with Gasteiger partial charge in [-0.15, -0.1) is 0 Å². The molecule has 0 aliphatic carbocycles. The zero-order chi connectivity index (χ0) is 13.1. The van der Waals surface area contributed by atoms with E-state index in [1.165, 1.54) is 12.8 Å². The van der Waals surface area contributed by atoms with Crippen LogP contribution in [0.1, 0.15) is 47.5 Å². The van der Waals surface area contributed by atoms with Gasteiger partial charge in [-0.3, -0.25) is 0 Å². The summed E-state index contributed by atoms with van der Waals surface area (Å²) in [4.78, 5) is 0. The van der Waals surface area contributed by atoms with E-state index in [9.17, 15) is 4.21 Å². The maximum atomic E-state index is 11.6. The molecule has 0 bridgehead atoms. The van der Waals surface area contributed by atoms with Crippen molar-refractivity contribution in [2.75, 3.05) is 27.2 Å². The molecule has 16 heavy (non-hydrogen) atoms. The highest BCUT2D eigenvalue weighted by molar-refractivity contribution is 7.80. The van der Waals surface area contributed by atoms with Gasteiger partial charge in [-0.25, -0.2) is 12.8 Å². The number of nitrogens with zero attached hydrogens (tertiary/aromatic N) is 2. The van der Waals surface area contributed by atoms with Crippen LogP contribution in [0.3, 0.4) is 0 Å². The maximum absolute atomic E-state index is 11.6. The largest absolute Gasteiger partial charge is 0.225 e. The minimum absolute atomic E-state index is 0.697. The van der Waals surface area contributed by atoms with E-state index in [-0.39, 0.29) is 0 Å². The van der Waals surface area contributed by atoms with Crippen molar-refractivity contribution in [1.29, 1.82) is 0 Å². The van der Waals surface area contributed by atoms with Gasteiger partial charge in [-0.2, -0.15) is 0 Å². The molecule has 3 nitrogen and oxygen atoms in total. The lowest BCUT2D eigenvalue weighted by Gasteiger charge is -2.31. The lowest BCUT2D eigenvalue weighted by molar-refractivity contribution is 0.284. The van der Waals surface area contributed by atoms with E-state index >= 15 is 0 Å². The Morgan fingerprint density at radius 3 is 2.06 bits per heavy atom. The smallest absolute Gasteiger partial charge is 0.172 e.